The third-order valence-corrected chi connectivity index (χ3v) is 2.40. The molecule has 2 rings (SSSR count). The number of aromatic nitrogens is 1. The van der Waals surface area contributed by atoms with E-state index < -0.39 is 29.3 Å². The molecule has 100 valence electrons. The van der Waals surface area contributed by atoms with E-state index in [1.54, 1.807) is 0 Å². The zero-order chi connectivity index (χ0) is 14.2. The highest BCUT2D eigenvalue weighted by molar-refractivity contribution is 5.63. The molecule has 1 aromatic heterocycles. The maximum atomic E-state index is 13.6. The van der Waals surface area contributed by atoms with Gasteiger partial charge < -0.3 is 0 Å². The fourth-order valence-electron chi connectivity index (χ4n) is 1.49. The van der Waals surface area contributed by atoms with Gasteiger partial charge in [0, 0.05) is 17.3 Å². The Kier molecular flexibility index (Phi) is 3.21. The first-order chi connectivity index (χ1) is 8.79. The third-order valence-electron chi connectivity index (χ3n) is 2.40. The molecule has 0 aliphatic carbocycles. The van der Waals surface area contributed by atoms with E-state index in [4.69, 9.17) is 0 Å². The summed E-state index contributed by atoms with van der Waals surface area (Å²) in [7, 11) is 0. The molecule has 0 saturated carbocycles. The molecular weight excluding hydrogens is 272 g/mol. The second-order valence-corrected chi connectivity index (χ2v) is 3.69. The van der Waals surface area contributed by atoms with E-state index in [9.17, 15) is 26.3 Å². The van der Waals surface area contributed by atoms with Crippen LogP contribution in [-0.2, 0) is 6.18 Å². The second-order valence-electron chi connectivity index (χ2n) is 3.69. The first-order valence-corrected chi connectivity index (χ1v) is 4.97. The van der Waals surface area contributed by atoms with Gasteiger partial charge in [-0.2, -0.15) is 17.6 Å². The highest BCUT2D eigenvalue weighted by atomic mass is 19.4. The number of hydrogen-bond donors (Lipinski definition) is 0. The molecule has 1 heterocycles. The second kappa shape index (κ2) is 4.56. The maximum Gasteiger partial charge on any atom is 0.416 e. The summed E-state index contributed by atoms with van der Waals surface area (Å²) in [6.45, 7) is 0. The van der Waals surface area contributed by atoms with Gasteiger partial charge >= 0.3 is 6.18 Å². The summed E-state index contributed by atoms with van der Waals surface area (Å²) in [5, 5.41) is 0. The number of nitrogens with zero attached hydrogens (tertiary/aromatic N) is 1. The minimum absolute atomic E-state index is 0.148. The SMILES string of the molecule is Fc1cc(C(F)(F)F)ccc1-c1cnc(F)c(F)c1. The number of rotatable bonds is 1. The van der Waals surface area contributed by atoms with Crippen molar-refractivity contribution in [1.29, 1.82) is 0 Å². The van der Waals surface area contributed by atoms with Gasteiger partial charge in [0.05, 0.1) is 5.56 Å². The van der Waals surface area contributed by atoms with Gasteiger partial charge in [0.1, 0.15) is 5.82 Å². The summed E-state index contributed by atoms with van der Waals surface area (Å²) in [6, 6.07) is 2.44. The van der Waals surface area contributed by atoms with Crippen LogP contribution in [0.3, 0.4) is 0 Å². The summed E-state index contributed by atoms with van der Waals surface area (Å²) in [6.07, 6.45) is -3.84. The quantitative estimate of drug-likeness (QED) is 0.562. The molecule has 0 aliphatic rings. The summed E-state index contributed by atoms with van der Waals surface area (Å²) >= 11 is 0. The van der Waals surface area contributed by atoms with Gasteiger partial charge in [0.15, 0.2) is 5.82 Å². The molecule has 0 spiro atoms. The molecule has 0 fully saturated rings. The van der Waals surface area contributed by atoms with E-state index >= 15 is 0 Å². The van der Waals surface area contributed by atoms with Gasteiger partial charge in [0.25, 0.3) is 0 Å². The lowest BCUT2D eigenvalue weighted by molar-refractivity contribution is -0.137. The van der Waals surface area contributed by atoms with Gasteiger partial charge in [-0.05, 0) is 18.2 Å². The predicted octanol–water partition coefficient (Wildman–Crippen LogP) is 4.18. The van der Waals surface area contributed by atoms with Crippen LogP contribution in [0.2, 0.25) is 0 Å². The molecule has 0 atom stereocenters. The number of benzene rings is 1. The molecule has 0 unspecified atom stereocenters. The van der Waals surface area contributed by atoms with Gasteiger partial charge in [-0.15, -0.1) is 0 Å². The van der Waals surface area contributed by atoms with Crippen molar-refractivity contribution >= 4 is 0 Å². The molecule has 0 bridgehead atoms. The normalized spacial score (nSPS) is 11.7. The Bertz CT molecular complexity index is 620. The lowest BCUT2D eigenvalue weighted by atomic mass is 10.0. The fraction of sp³-hybridized carbons (Fsp3) is 0.0833. The summed E-state index contributed by atoms with van der Waals surface area (Å²) in [5.41, 5.74) is -1.60. The molecular formula is C12H5F6N. The molecule has 1 aromatic carbocycles. The predicted molar refractivity (Wildman–Crippen MR) is 54.5 cm³/mol. The maximum absolute atomic E-state index is 13.6. The molecule has 0 aliphatic heterocycles. The smallest absolute Gasteiger partial charge is 0.225 e. The largest absolute Gasteiger partial charge is 0.416 e. The Balaban J connectivity index is 2.49. The Morgan fingerprint density at radius 3 is 2.11 bits per heavy atom. The monoisotopic (exact) mass is 277 g/mol. The van der Waals surface area contributed by atoms with Crippen molar-refractivity contribution < 1.29 is 26.3 Å². The van der Waals surface area contributed by atoms with Gasteiger partial charge in [-0.1, -0.05) is 6.07 Å². The number of halogens is 6. The molecule has 1 nitrogen and oxygen atoms in total. The standard InChI is InChI=1S/C12H5F6N/c13-9-4-7(12(16,17)18)1-2-8(9)6-3-10(14)11(15)19-5-6/h1-5H. The van der Waals surface area contributed by atoms with Crippen LogP contribution in [0.4, 0.5) is 26.3 Å². The van der Waals surface area contributed by atoms with Crippen LogP contribution in [0.15, 0.2) is 30.5 Å². The van der Waals surface area contributed by atoms with Crippen LogP contribution in [0.5, 0.6) is 0 Å². The Morgan fingerprint density at radius 1 is 0.895 bits per heavy atom. The molecule has 0 amide bonds. The topological polar surface area (TPSA) is 12.9 Å². The van der Waals surface area contributed by atoms with Crippen molar-refractivity contribution in [2.45, 2.75) is 6.18 Å². The van der Waals surface area contributed by atoms with Crippen LogP contribution in [0.25, 0.3) is 11.1 Å². The van der Waals surface area contributed by atoms with Gasteiger partial charge in [-0.3, -0.25) is 0 Å². The van der Waals surface area contributed by atoms with E-state index in [-0.39, 0.29) is 17.2 Å². The van der Waals surface area contributed by atoms with E-state index in [0.29, 0.717) is 12.1 Å². The van der Waals surface area contributed by atoms with Crippen molar-refractivity contribution in [3.05, 3.63) is 53.6 Å². The van der Waals surface area contributed by atoms with Gasteiger partial charge in [-0.25, -0.2) is 13.8 Å². The van der Waals surface area contributed by atoms with Crippen molar-refractivity contribution in [3.63, 3.8) is 0 Å². The van der Waals surface area contributed by atoms with Gasteiger partial charge in [0.2, 0.25) is 5.95 Å². The zero-order valence-corrected chi connectivity index (χ0v) is 9.10. The van der Waals surface area contributed by atoms with E-state index in [2.05, 4.69) is 4.98 Å². The van der Waals surface area contributed by atoms with Crippen molar-refractivity contribution in [2.75, 3.05) is 0 Å². The van der Waals surface area contributed by atoms with E-state index in [1.165, 1.54) is 0 Å². The van der Waals surface area contributed by atoms with Crippen LogP contribution < -0.4 is 0 Å². The number of alkyl halides is 3. The average Bonchev–Trinajstić information content (AvgIpc) is 2.31. The first-order valence-electron chi connectivity index (χ1n) is 4.97. The zero-order valence-electron chi connectivity index (χ0n) is 9.10. The molecule has 7 heteroatoms. The minimum Gasteiger partial charge on any atom is -0.225 e. The van der Waals surface area contributed by atoms with Crippen molar-refractivity contribution in [3.8, 4) is 11.1 Å². The number of hydrogen-bond acceptors (Lipinski definition) is 1. The molecule has 2 aromatic rings. The fourth-order valence-corrected chi connectivity index (χ4v) is 1.49. The summed E-state index contributed by atoms with van der Waals surface area (Å²) in [5.74, 6) is -3.87. The Morgan fingerprint density at radius 2 is 1.58 bits per heavy atom. The molecule has 0 radical (unpaired) electrons. The lowest BCUT2D eigenvalue weighted by Gasteiger charge is -2.09. The first kappa shape index (κ1) is 13.4. The van der Waals surface area contributed by atoms with Crippen molar-refractivity contribution in [1.82, 2.24) is 4.98 Å². The number of pyridine rings is 1. The van der Waals surface area contributed by atoms with E-state index in [0.717, 1.165) is 12.3 Å². The summed E-state index contributed by atoms with van der Waals surface area (Å²) in [4.78, 5) is 3.04. The molecule has 19 heavy (non-hydrogen) atoms. The molecule has 0 N–H and O–H groups in total. The van der Waals surface area contributed by atoms with Crippen LogP contribution >= 0.6 is 0 Å². The summed E-state index contributed by atoms with van der Waals surface area (Å²) < 4.78 is 76.1. The molecule has 0 saturated heterocycles. The van der Waals surface area contributed by atoms with Crippen LogP contribution in [0.1, 0.15) is 5.56 Å². The lowest BCUT2D eigenvalue weighted by Crippen LogP contribution is -2.05. The Hall–Kier alpha value is -2.05. The van der Waals surface area contributed by atoms with E-state index in [1.807, 2.05) is 0 Å². The Labute approximate surface area is 103 Å². The minimum atomic E-state index is -4.67. The highest BCUT2D eigenvalue weighted by Gasteiger charge is 2.31. The van der Waals surface area contributed by atoms with Crippen LogP contribution in [0, 0.1) is 17.6 Å². The third kappa shape index (κ3) is 2.69. The average molecular weight is 277 g/mol. The van der Waals surface area contributed by atoms with Crippen LogP contribution in [-0.4, -0.2) is 4.98 Å². The van der Waals surface area contributed by atoms with Crippen molar-refractivity contribution in [2.24, 2.45) is 0 Å². The highest BCUT2D eigenvalue weighted by Crippen LogP contribution is 2.32.